The highest BCUT2D eigenvalue weighted by Crippen LogP contribution is 2.23. The summed E-state index contributed by atoms with van der Waals surface area (Å²) in [6.07, 6.45) is 2.76. The molecule has 2 rings (SSSR count). The standard InChI is InChI=1S/C14H17F2N3O2S/c1-10(14-11(15)4-3-5-12(14)16)17-13-6-7-19(18-13)8-9-22(2,20)21/h3-7,10H,8-9H2,1-2H3,(H,17,18)/t10-/m0/s1. The first kappa shape index (κ1) is 16.4. The first-order valence-corrected chi connectivity index (χ1v) is 8.74. The highest BCUT2D eigenvalue weighted by molar-refractivity contribution is 7.90. The Balaban J connectivity index is 2.06. The zero-order valence-corrected chi connectivity index (χ0v) is 13.1. The lowest BCUT2D eigenvalue weighted by atomic mass is 10.1. The van der Waals surface area contributed by atoms with Gasteiger partial charge >= 0.3 is 0 Å². The highest BCUT2D eigenvalue weighted by Gasteiger charge is 2.16. The Morgan fingerprint density at radius 2 is 1.91 bits per heavy atom. The van der Waals surface area contributed by atoms with Gasteiger partial charge in [0.25, 0.3) is 0 Å². The summed E-state index contributed by atoms with van der Waals surface area (Å²) < 4.78 is 51.1. The Morgan fingerprint density at radius 1 is 1.27 bits per heavy atom. The molecule has 0 radical (unpaired) electrons. The second-order valence-electron chi connectivity index (χ2n) is 5.10. The van der Waals surface area contributed by atoms with Gasteiger partial charge in [0.15, 0.2) is 0 Å². The van der Waals surface area contributed by atoms with E-state index in [0.29, 0.717) is 5.82 Å². The number of sulfone groups is 1. The third-order valence-electron chi connectivity index (χ3n) is 3.13. The smallest absolute Gasteiger partial charge is 0.149 e. The van der Waals surface area contributed by atoms with Crippen molar-refractivity contribution in [3.63, 3.8) is 0 Å². The predicted octanol–water partition coefficient (Wildman–Crippen LogP) is 2.38. The van der Waals surface area contributed by atoms with Gasteiger partial charge in [-0.15, -0.1) is 0 Å². The van der Waals surface area contributed by atoms with Crippen LogP contribution in [0.15, 0.2) is 30.5 Å². The van der Waals surface area contributed by atoms with E-state index in [1.165, 1.54) is 22.9 Å². The Kier molecular flexibility index (Phi) is 4.80. The predicted molar refractivity (Wildman–Crippen MR) is 80.3 cm³/mol. The molecule has 0 saturated heterocycles. The number of nitrogens with zero attached hydrogens (tertiary/aromatic N) is 2. The maximum atomic E-state index is 13.7. The van der Waals surface area contributed by atoms with Crippen LogP contribution in [0.4, 0.5) is 14.6 Å². The van der Waals surface area contributed by atoms with Crippen molar-refractivity contribution in [2.45, 2.75) is 19.5 Å². The van der Waals surface area contributed by atoms with Crippen molar-refractivity contribution in [1.82, 2.24) is 9.78 Å². The quantitative estimate of drug-likeness (QED) is 0.884. The van der Waals surface area contributed by atoms with Crippen LogP contribution in [0.3, 0.4) is 0 Å². The van der Waals surface area contributed by atoms with Crippen molar-refractivity contribution in [2.24, 2.45) is 0 Å². The monoisotopic (exact) mass is 329 g/mol. The number of hydrogen-bond donors (Lipinski definition) is 1. The molecule has 1 aromatic carbocycles. The molecule has 1 heterocycles. The molecular weight excluding hydrogens is 312 g/mol. The average Bonchev–Trinajstić information content (AvgIpc) is 2.83. The van der Waals surface area contributed by atoms with E-state index in [1.807, 2.05) is 0 Å². The SMILES string of the molecule is C[C@H](Nc1ccn(CCS(C)(=O)=O)n1)c1c(F)cccc1F. The van der Waals surface area contributed by atoms with Gasteiger partial charge in [0.05, 0.1) is 18.3 Å². The highest BCUT2D eigenvalue weighted by atomic mass is 32.2. The minimum Gasteiger partial charge on any atom is -0.362 e. The topological polar surface area (TPSA) is 64.0 Å². The number of halogens is 2. The van der Waals surface area contributed by atoms with E-state index in [9.17, 15) is 17.2 Å². The van der Waals surface area contributed by atoms with Crippen LogP contribution in [0.25, 0.3) is 0 Å². The van der Waals surface area contributed by atoms with Gasteiger partial charge in [0.2, 0.25) is 0 Å². The number of benzene rings is 1. The van der Waals surface area contributed by atoms with E-state index >= 15 is 0 Å². The summed E-state index contributed by atoms with van der Waals surface area (Å²) in [6.45, 7) is 1.85. The second-order valence-corrected chi connectivity index (χ2v) is 7.36. The molecular formula is C14H17F2N3O2S. The third kappa shape index (κ3) is 4.27. The van der Waals surface area contributed by atoms with E-state index in [4.69, 9.17) is 0 Å². The van der Waals surface area contributed by atoms with Crippen LogP contribution >= 0.6 is 0 Å². The number of nitrogens with one attached hydrogen (secondary N) is 1. The molecule has 0 saturated carbocycles. The lowest BCUT2D eigenvalue weighted by Gasteiger charge is -2.15. The summed E-state index contributed by atoms with van der Waals surface area (Å²) in [4.78, 5) is 0. The molecule has 2 aromatic rings. The van der Waals surface area contributed by atoms with Crippen LogP contribution in [0.1, 0.15) is 18.5 Å². The van der Waals surface area contributed by atoms with Gasteiger partial charge in [-0.2, -0.15) is 5.10 Å². The number of aromatic nitrogens is 2. The molecule has 5 nitrogen and oxygen atoms in total. The number of anilines is 1. The van der Waals surface area contributed by atoms with Crippen molar-refractivity contribution < 1.29 is 17.2 Å². The molecule has 0 unspecified atom stereocenters. The molecule has 120 valence electrons. The minimum absolute atomic E-state index is 0.0222. The molecule has 1 N–H and O–H groups in total. The summed E-state index contributed by atoms with van der Waals surface area (Å²) in [5, 5.41) is 7.03. The van der Waals surface area contributed by atoms with Crippen LogP contribution in [0.2, 0.25) is 0 Å². The molecule has 0 bridgehead atoms. The molecule has 0 aliphatic carbocycles. The summed E-state index contributed by atoms with van der Waals surface area (Å²) in [6, 6.07) is 4.71. The van der Waals surface area contributed by atoms with Gasteiger partial charge in [-0.05, 0) is 19.1 Å². The Bertz CT molecular complexity index is 739. The van der Waals surface area contributed by atoms with Crippen molar-refractivity contribution in [3.8, 4) is 0 Å². The van der Waals surface area contributed by atoms with Crippen molar-refractivity contribution in [1.29, 1.82) is 0 Å². The Hall–Kier alpha value is -1.96. The fraction of sp³-hybridized carbons (Fsp3) is 0.357. The van der Waals surface area contributed by atoms with Gasteiger partial charge in [0, 0.05) is 24.1 Å². The van der Waals surface area contributed by atoms with Crippen molar-refractivity contribution in [3.05, 3.63) is 47.7 Å². The molecule has 1 aromatic heterocycles. The maximum Gasteiger partial charge on any atom is 0.149 e. The van der Waals surface area contributed by atoms with Crippen LogP contribution in [-0.2, 0) is 16.4 Å². The van der Waals surface area contributed by atoms with E-state index in [2.05, 4.69) is 10.4 Å². The number of hydrogen-bond acceptors (Lipinski definition) is 4. The van der Waals surface area contributed by atoms with Gasteiger partial charge in [0.1, 0.15) is 27.3 Å². The minimum atomic E-state index is -3.07. The molecule has 0 fully saturated rings. The molecule has 0 aliphatic rings. The number of aryl methyl sites for hydroxylation is 1. The first-order chi connectivity index (χ1) is 10.3. The molecule has 0 spiro atoms. The normalized spacial score (nSPS) is 13.1. The van der Waals surface area contributed by atoms with Gasteiger partial charge in [-0.3, -0.25) is 4.68 Å². The number of rotatable bonds is 6. The molecule has 0 amide bonds. The zero-order valence-electron chi connectivity index (χ0n) is 12.3. The lowest BCUT2D eigenvalue weighted by molar-refractivity contribution is 0.543. The summed E-state index contributed by atoms with van der Waals surface area (Å²) in [5.74, 6) is -0.859. The fourth-order valence-corrected chi connectivity index (χ4v) is 2.56. The van der Waals surface area contributed by atoms with E-state index in [0.717, 1.165) is 6.26 Å². The lowest BCUT2D eigenvalue weighted by Crippen LogP contribution is -2.13. The van der Waals surface area contributed by atoms with Crippen LogP contribution in [0, 0.1) is 11.6 Å². The van der Waals surface area contributed by atoms with Gasteiger partial charge in [-0.1, -0.05) is 6.07 Å². The zero-order chi connectivity index (χ0) is 16.3. The molecule has 1 atom stereocenters. The summed E-state index contributed by atoms with van der Waals surface area (Å²) >= 11 is 0. The summed E-state index contributed by atoms with van der Waals surface area (Å²) in [5.41, 5.74) is -0.0619. The van der Waals surface area contributed by atoms with Gasteiger partial charge in [-0.25, -0.2) is 17.2 Å². The van der Waals surface area contributed by atoms with Crippen molar-refractivity contribution in [2.75, 3.05) is 17.3 Å². The molecule has 22 heavy (non-hydrogen) atoms. The van der Waals surface area contributed by atoms with Gasteiger partial charge < -0.3 is 5.32 Å². The average molecular weight is 329 g/mol. The largest absolute Gasteiger partial charge is 0.362 e. The van der Waals surface area contributed by atoms with Crippen LogP contribution < -0.4 is 5.32 Å². The second kappa shape index (κ2) is 6.43. The first-order valence-electron chi connectivity index (χ1n) is 6.68. The fourth-order valence-electron chi connectivity index (χ4n) is 2.04. The third-order valence-corrected chi connectivity index (χ3v) is 4.05. The Labute approximate surface area is 127 Å². The van der Waals surface area contributed by atoms with Crippen molar-refractivity contribution >= 4 is 15.7 Å². The molecule has 8 heteroatoms. The van der Waals surface area contributed by atoms with E-state index in [1.54, 1.807) is 19.2 Å². The van der Waals surface area contributed by atoms with Crippen LogP contribution in [-0.4, -0.2) is 30.2 Å². The summed E-state index contributed by atoms with van der Waals surface area (Å²) in [7, 11) is -3.07. The van der Waals surface area contributed by atoms with E-state index < -0.39 is 27.5 Å². The maximum absolute atomic E-state index is 13.7. The molecule has 0 aliphatic heterocycles. The van der Waals surface area contributed by atoms with E-state index in [-0.39, 0.29) is 17.9 Å². The Morgan fingerprint density at radius 3 is 2.50 bits per heavy atom. The van der Waals surface area contributed by atoms with Crippen LogP contribution in [0.5, 0.6) is 0 Å².